The van der Waals surface area contributed by atoms with Crippen LogP contribution in [0.25, 0.3) is 0 Å². The van der Waals surface area contributed by atoms with Gasteiger partial charge in [0, 0.05) is 6.42 Å². The first-order valence-corrected chi connectivity index (χ1v) is 10.0. The largest absolute Gasteiger partial charge is 0.462 e. The van der Waals surface area contributed by atoms with E-state index >= 15 is 0 Å². The summed E-state index contributed by atoms with van der Waals surface area (Å²) < 4.78 is 5.63. The number of carbonyl (C=O) groups is 1. The second kappa shape index (κ2) is 14.1. The lowest BCUT2D eigenvalue weighted by Crippen LogP contribution is -2.17. The lowest BCUT2D eigenvalue weighted by molar-refractivity contribution is -0.149. The van der Waals surface area contributed by atoms with Gasteiger partial charge in [-0.2, -0.15) is 0 Å². The van der Waals surface area contributed by atoms with Gasteiger partial charge in [-0.25, -0.2) is 0 Å². The van der Waals surface area contributed by atoms with E-state index in [-0.39, 0.29) is 12.1 Å². The van der Waals surface area contributed by atoms with E-state index in [4.69, 9.17) is 4.74 Å². The third-order valence-electron chi connectivity index (χ3n) is 4.91. The van der Waals surface area contributed by atoms with Gasteiger partial charge in [0.25, 0.3) is 0 Å². The van der Waals surface area contributed by atoms with Crippen LogP contribution in [0.3, 0.4) is 0 Å². The fourth-order valence-electron chi connectivity index (χ4n) is 3.35. The summed E-state index contributed by atoms with van der Waals surface area (Å²) in [7, 11) is 0. The average molecular weight is 311 g/mol. The molecule has 0 spiro atoms. The van der Waals surface area contributed by atoms with Crippen LogP contribution >= 0.6 is 0 Å². The van der Waals surface area contributed by atoms with Crippen LogP contribution in [0.15, 0.2) is 0 Å². The molecule has 0 aromatic heterocycles. The molecule has 1 aliphatic heterocycles. The first kappa shape index (κ1) is 19.5. The lowest BCUT2D eigenvalue weighted by Gasteiger charge is -2.16. The van der Waals surface area contributed by atoms with Crippen molar-refractivity contribution in [1.82, 2.24) is 0 Å². The van der Waals surface area contributed by atoms with Crippen LogP contribution in [0.2, 0.25) is 0 Å². The number of hydrogen-bond donors (Lipinski definition) is 0. The Labute approximate surface area is 138 Å². The summed E-state index contributed by atoms with van der Waals surface area (Å²) in [6.45, 7) is 2.13. The Morgan fingerprint density at radius 2 is 1.14 bits per heavy atom. The number of cyclic esters (lactones) is 1. The van der Waals surface area contributed by atoms with Crippen molar-refractivity contribution in [3.63, 3.8) is 0 Å². The molecule has 0 amide bonds. The number of carbonyl (C=O) groups excluding carboxylic acids is 1. The van der Waals surface area contributed by atoms with E-state index in [1.807, 2.05) is 0 Å². The van der Waals surface area contributed by atoms with Crippen LogP contribution in [0.5, 0.6) is 0 Å². The van der Waals surface area contributed by atoms with Gasteiger partial charge >= 0.3 is 5.97 Å². The summed E-state index contributed by atoms with van der Waals surface area (Å²) >= 11 is 0. The van der Waals surface area contributed by atoms with Crippen molar-refractivity contribution >= 4 is 5.97 Å². The monoisotopic (exact) mass is 310 g/mol. The molecule has 1 heterocycles. The minimum Gasteiger partial charge on any atom is -0.462 e. The van der Waals surface area contributed by atoms with E-state index in [1.54, 1.807) is 0 Å². The summed E-state index contributed by atoms with van der Waals surface area (Å²) in [6, 6.07) is 0. The van der Waals surface area contributed by atoms with E-state index < -0.39 is 0 Å². The first-order chi connectivity index (χ1) is 10.8. The van der Waals surface area contributed by atoms with Gasteiger partial charge in [-0.15, -0.1) is 0 Å². The molecule has 2 heteroatoms. The molecular formula is C20H38O2. The molecule has 1 aliphatic rings. The van der Waals surface area contributed by atoms with Crippen LogP contribution in [0, 0.1) is 0 Å². The van der Waals surface area contributed by atoms with Gasteiger partial charge in [0.2, 0.25) is 0 Å². The van der Waals surface area contributed by atoms with E-state index in [2.05, 4.69) is 6.92 Å². The second-order valence-electron chi connectivity index (χ2n) is 7.01. The summed E-state index contributed by atoms with van der Waals surface area (Å²) in [5.74, 6) is 0.0322. The molecule has 0 N–H and O–H groups in total. The predicted molar refractivity (Wildman–Crippen MR) is 94.0 cm³/mol. The van der Waals surface area contributed by atoms with Crippen molar-refractivity contribution in [2.45, 2.75) is 122 Å². The maximum atomic E-state index is 11.9. The third-order valence-corrected chi connectivity index (χ3v) is 4.91. The highest BCUT2D eigenvalue weighted by atomic mass is 16.5. The Hall–Kier alpha value is -0.530. The molecule has 1 unspecified atom stereocenters. The number of ether oxygens (including phenoxy) is 1. The topological polar surface area (TPSA) is 26.3 Å². The highest BCUT2D eigenvalue weighted by Crippen LogP contribution is 2.16. The van der Waals surface area contributed by atoms with Crippen molar-refractivity contribution in [3.8, 4) is 0 Å². The Morgan fingerprint density at radius 3 is 1.59 bits per heavy atom. The fraction of sp³-hybridized carbons (Fsp3) is 0.950. The molecule has 1 rings (SSSR count). The van der Waals surface area contributed by atoms with Crippen molar-refractivity contribution in [2.75, 3.05) is 0 Å². The molecule has 1 atom stereocenters. The standard InChI is InChI=1S/C20H38O2/c1-2-19-17-15-13-11-9-7-5-3-4-6-8-10-12-14-16-18-20(21)22-19/h19H,2-18H2,1H3. The zero-order valence-electron chi connectivity index (χ0n) is 14.9. The first-order valence-electron chi connectivity index (χ1n) is 10.0. The molecule has 1 saturated heterocycles. The van der Waals surface area contributed by atoms with E-state index in [1.165, 1.54) is 83.5 Å². The zero-order valence-corrected chi connectivity index (χ0v) is 14.9. The normalized spacial score (nSPS) is 25.5. The maximum absolute atomic E-state index is 11.9. The number of hydrogen-bond acceptors (Lipinski definition) is 2. The van der Waals surface area contributed by atoms with Crippen LogP contribution in [0.1, 0.15) is 116 Å². The molecule has 0 bridgehead atoms. The number of esters is 1. The molecule has 0 saturated carbocycles. The molecular weight excluding hydrogens is 272 g/mol. The van der Waals surface area contributed by atoms with Crippen molar-refractivity contribution in [3.05, 3.63) is 0 Å². The predicted octanol–water partition coefficient (Wildman–Crippen LogP) is 6.56. The van der Waals surface area contributed by atoms with E-state index in [0.29, 0.717) is 6.42 Å². The molecule has 0 aliphatic carbocycles. The van der Waals surface area contributed by atoms with Crippen molar-refractivity contribution in [1.29, 1.82) is 0 Å². The lowest BCUT2D eigenvalue weighted by atomic mass is 10.0. The quantitative estimate of drug-likeness (QED) is 0.512. The minimum absolute atomic E-state index is 0.0322. The van der Waals surface area contributed by atoms with Crippen LogP contribution < -0.4 is 0 Å². The Balaban J connectivity index is 2.25. The zero-order chi connectivity index (χ0) is 15.9. The molecule has 22 heavy (non-hydrogen) atoms. The third kappa shape index (κ3) is 11.1. The minimum atomic E-state index is 0.0322. The molecule has 0 radical (unpaired) electrons. The molecule has 130 valence electrons. The van der Waals surface area contributed by atoms with Crippen LogP contribution in [-0.4, -0.2) is 12.1 Å². The van der Waals surface area contributed by atoms with Gasteiger partial charge in [-0.1, -0.05) is 84.0 Å². The van der Waals surface area contributed by atoms with Gasteiger partial charge in [-0.05, 0) is 25.7 Å². The van der Waals surface area contributed by atoms with Gasteiger partial charge < -0.3 is 4.74 Å². The summed E-state index contributed by atoms with van der Waals surface area (Å²) in [6.07, 6.45) is 21.3. The highest BCUT2D eigenvalue weighted by Gasteiger charge is 2.12. The molecule has 0 aromatic rings. The highest BCUT2D eigenvalue weighted by molar-refractivity contribution is 5.69. The van der Waals surface area contributed by atoms with Gasteiger partial charge in [0.05, 0.1) is 0 Å². The molecule has 2 nitrogen and oxygen atoms in total. The summed E-state index contributed by atoms with van der Waals surface area (Å²) in [4.78, 5) is 11.9. The second-order valence-corrected chi connectivity index (χ2v) is 7.01. The van der Waals surface area contributed by atoms with Crippen molar-refractivity contribution < 1.29 is 9.53 Å². The summed E-state index contributed by atoms with van der Waals surface area (Å²) in [5.41, 5.74) is 0. The average Bonchev–Trinajstić information content (AvgIpc) is 2.52. The van der Waals surface area contributed by atoms with Gasteiger partial charge in [0.1, 0.15) is 6.10 Å². The van der Waals surface area contributed by atoms with E-state index in [0.717, 1.165) is 19.3 Å². The maximum Gasteiger partial charge on any atom is 0.306 e. The summed E-state index contributed by atoms with van der Waals surface area (Å²) in [5, 5.41) is 0. The molecule has 1 fully saturated rings. The smallest absolute Gasteiger partial charge is 0.306 e. The molecule has 0 aromatic carbocycles. The Morgan fingerprint density at radius 1 is 0.727 bits per heavy atom. The Bertz CT molecular complexity index is 262. The van der Waals surface area contributed by atoms with Crippen LogP contribution in [0.4, 0.5) is 0 Å². The van der Waals surface area contributed by atoms with Crippen molar-refractivity contribution in [2.24, 2.45) is 0 Å². The number of rotatable bonds is 1. The van der Waals surface area contributed by atoms with Crippen LogP contribution in [-0.2, 0) is 9.53 Å². The van der Waals surface area contributed by atoms with E-state index in [9.17, 15) is 4.79 Å². The fourth-order valence-corrected chi connectivity index (χ4v) is 3.35. The van der Waals surface area contributed by atoms with Gasteiger partial charge in [-0.3, -0.25) is 4.79 Å². The SMILES string of the molecule is CCC1CCCCCCCCCCCCCCCCC(=O)O1. The Kier molecular flexibility index (Phi) is 12.5. The van der Waals surface area contributed by atoms with Gasteiger partial charge in [0.15, 0.2) is 0 Å².